The number of amides is 1. The van der Waals surface area contributed by atoms with Crippen molar-refractivity contribution in [1.82, 2.24) is 5.32 Å². The van der Waals surface area contributed by atoms with E-state index in [0.717, 1.165) is 28.8 Å². The summed E-state index contributed by atoms with van der Waals surface area (Å²) in [6.45, 7) is 0. The molecule has 18 heavy (non-hydrogen) atoms. The first-order valence-electron chi connectivity index (χ1n) is 5.60. The highest BCUT2D eigenvalue weighted by Gasteiger charge is 2.18. The predicted molar refractivity (Wildman–Crippen MR) is 83.6 cm³/mol. The zero-order valence-electron chi connectivity index (χ0n) is 9.82. The quantitative estimate of drug-likeness (QED) is 0.805. The Morgan fingerprint density at radius 1 is 1.39 bits per heavy atom. The summed E-state index contributed by atoms with van der Waals surface area (Å²) in [5.41, 5.74) is 6.91. The van der Waals surface area contributed by atoms with Crippen molar-refractivity contribution in [3.8, 4) is 0 Å². The molecule has 1 aliphatic heterocycles. The number of rotatable bonds is 2. The first kappa shape index (κ1) is 15.7. The molecule has 0 aromatic heterocycles. The fourth-order valence-corrected chi connectivity index (χ4v) is 3.33. The number of carbonyl (C=O) groups is 1. The van der Waals surface area contributed by atoms with Gasteiger partial charge < -0.3 is 11.1 Å². The summed E-state index contributed by atoms with van der Waals surface area (Å²) in [6, 6.07) is 5.65. The first-order chi connectivity index (χ1) is 8.16. The minimum atomic E-state index is -0.0631. The van der Waals surface area contributed by atoms with E-state index in [1.807, 2.05) is 17.8 Å². The molecule has 3 nitrogen and oxygen atoms in total. The van der Waals surface area contributed by atoms with E-state index in [-0.39, 0.29) is 18.3 Å². The van der Waals surface area contributed by atoms with E-state index in [1.165, 1.54) is 0 Å². The molecular weight excluding hydrogens is 336 g/mol. The van der Waals surface area contributed by atoms with Crippen LogP contribution in [0, 0.1) is 0 Å². The molecule has 0 aliphatic carbocycles. The number of halogens is 2. The molecule has 0 unspecified atom stereocenters. The van der Waals surface area contributed by atoms with Crippen LogP contribution in [0.1, 0.15) is 23.2 Å². The summed E-state index contributed by atoms with van der Waals surface area (Å²) in [6.07, 6.45) is 2.10. The summed E-state index contributed by atoms with van der Waals surface area (Å²) >= 11 is 5.27. The van der Waals surface area contributed by atoms with Crippen molar-refractivity contribution in [2.75, 3.05) is 17.2 Å². The van der Waals surface area contributed by atoms with Gasteiger partial charge in [0.2, 0.25) is 0 Å². The van der Waals surface area contributed by atoms with E-state index in [1.54, 1.807) is 12.1 Å². The van der Waals surface area contributed by atoms with Crippen molar-refractivity contribution >= 4 is 51.7 Å². The van der Waals surface area contributed by atoms with Gasteiger partial charge in [0.1, 0.15) is 0 Å². The fraction of sp³-hybridized carbons (Fsp3) is 0.417. The molecule has 1 aromatic carbocycles. The summed E-state index contributed by atoms with van der Waals surface area (Å²) < 4.78 is 0.889. The Morgan fingerprint density at radius 3 is 2.67 bits per heavy atom. The minimum absolute atomic E-state index is 0. The second-order valence-electron chi connectivity index (χ2n) is 4.09. The second-order valence-corrected chi connectivity index (χ2v) is 6.23. The van der Waals surface area contributed by atoms with Crippen molar-refractivity contribution in [3.05, 3.63) is 28.2 Å². The number of thioether (sulfide) groups is 1. The Bertz CT molecular complexity index is 425. The van der Waals surface area contributed by atoms with Gasteiger partial charge in [0.15, 0.2) is 0 Å². The number of nitrogens with two attached hydrogens (primary N) is 1. The van der Waals surface area contributed by atoms with Gasteiger partial charge in [0.05, 0.1) is 5.56 Å². The van der Waals surface area contributed by atoms with Crippen LogP contribution < -0.4 is 11.1 Å². The van der Waals surface area contributed by atoms with Crippen LogP contribution in [0.5, 0.6) is 0 Å². The van der Waals surface area contributed by atoms with Crippen molar-refractivity contribution in [2.24, 2.45) is 0 Å². The van der Waals surface area contributed by atoms with Crippen LogP contribution in [0.15, 0.2) is 22.7 Å². The van der Waals surface area contributed by atoms with E-state index in [2.05, 4.69) is 21.2 Å². The van der Waals surface area contributed by atoms with Crippen LogP contribution in [-0.2, 0) is 0 Å². The van der Waals surface area contributed by atoms with Crippen molar-refractivity contribution in [3.63, 3.8) is 0 Å². The predicted octanol–water partition coefficient (Wildman–Crippen LogP) is 3.08. The first-order valence-corrected chi connectivity index (χ1v) is 7.55. The van der Waals surface area contributed by atoms with Crippen molar-refractivity contribution in [2.45, 2.75) is 18.9 Å². The zero-order valence-corrected chi connectivity index (χ0v) is 13.0. The summed E-state index contributed by atoms with van der Waals surface area (Å²) in [5.74, 6) is 2.19. The minimum Gasteiger partial charge on any atom is -0.398 e. The third-order valence-corrected chi connectivity index (χ3v) is 4.36. The van der Waals surface area contributed by atoms with Gasteiger partial charge in [-0.05, 0) is 42.5 Å². The molecule has 1 heterocycles. The SMILES string of the molecule is Cl.Nc1cc(Br)ccc1C(=O)NC1CCSCC1. The topological polar surface area (TPSA) is 55.1 Å². The van der Waals surface area contributed by atoms with Gasteiger partial charge in [-0.25, -0.2) is 0 Å². The lowest BCUT2D eigenvalue weighted by Gasteiger charge is -2.22. The summed E-state index contributed by atoms with van der Waals surface area (Å²) in [4.78, 5) is 12.0. The molecule has 0 atom stereocenters. The number of nitrogens with one attached hydrogen (secondary N) is 1. The Balaban J connectivity index is 0.00000162. The average Bonchev–Trinajstić information content (AvgIpc) is 2.30. The van der Waals surface area contributed by atoms with E-state index in [4.69, 9.17) is 5.73 Å². The lowest BCUT2D eigenvalue weighted by atomic mass is 10.1. The van der Waals surface area contributed by atoms with Gasteiger partial charge >= 0.3 is 0 Å². The lowest BCUT2D eigenvalue weighted by Crippen LogP contribution is -2.37. The molecule has 1 fully saturated rings. The molecule has 1 saturated heterocycles. The van der Waals surface area contributed by atoms with Gasteiger partial charge in [-0.15, -0.1) is 12.4 Å². The molecule has 0 bridgehead atoms. The standard InChI is InChI=1S/C12H15BrN2OS.ClH/c13-8-1-2-10(11(14)7-8)12(16)15-9-3-5-17-6-4-9;/h1-2,7,9H,3-6,14H2,(H,15,16);1H. The molecule has 2 rings (SSSR count). The highest BCUT2D eigenvalue weighted by Crippen LogP contribution is 2.20. The third-order valence-electron chi connectivity index (χ3n) is 2.81. The lowest BCUT2D eigenvalue weighted by molar-refractivity contribution is 0.0936. The molecular formula is C12H16BrClN2OS. The molecule has 0 saturated carbocycles. The number of anilines is 1. The van der Waals surface area contributed by atoms with E-state index < -0.39 is 0 Å². The fourth-order valence-electron chi connectivity index (χ4n) is 1.85. The van der Waals surface area contributed by atoms with Crippen molar-refractivity contribution in [1.29, 1.82) is 0 Å². The largest absolute Gasteiger partial charge is 0.398 e. The average molecular weight is 352 g/mol. The Labute approximate surface area is 126 Å². The van der Waals surface area contributed by atoms with E-state index in [0.29, 0.717) is 17.3 Å². The molecule has 100 valence electrons. The third kappa shape index (κ3) is 4.07. The summed E-state index contributed by atoms with van der Waals surface area (Å²) in [7, 11) is 0. The molecule has 1 amide bonds. The normalized spacial score (nSPS) is 15.8. The molecule has 1 aliphatic rings. The number of nitrogen functional groups attached to an aromatic ring is 1. The van der Waals surface area contributed by atoms with Gasteiger partial charge in [-0.1, -0.05) is 15.9 Å². The highest BCUT2D eigenvalue weighted by molar-refractivity contribution is 9.10. The Hall–Kier alpha value is -0.390. The maximum atomic E-state index is 12.0. The Morgan fingerprint density at radius 2 is 2.06 bits per heavy atom. The number of hydrogen-bond donors (Lipinski definition) is 2. The maximum absolute atomic E-state index is 12.0. The molecule has 3 N–H and O–H groups in total. The second kappa shape index (κ2) is 7.26. The van der Waals surface area contributed by atoms with Gasteiger partial charge in [0.25, 0.3) is 5.91 Å². The van der Waals surface area contributed by atoms with Crippen LogP contribution in [0.25, 0.3) is 0 Å². The maximum Gasteiger partial charge on any atom is 0.253 e. The number of benzene rings is 1. The molecule has 6 heteroatoms. The molecule has 0 radical (unpaired) electrons. The smallest absolute Gasteiger partial charge is 0.253 e. The molecule has 1 aromatic rings. The van der Waals surface area contributed by atoms with Crippen LogP contribution in [0.4, 0.5) is 5.69 Å². The van der Waals surface area contributed by atoms with Crippen LogP contribution in [-0.4, -0.2) is 23.5 Å². The number of carbonyl (C=O) groups excluding carboxylic acids is 1. The van der Waals surface area contributed by atoms with Crippen LogP contribution in [0.3, 0.4) is 0 Å². The monoisotopic (exact) mass is 350 g/mol. The van der Waals surface area contributed by atoms with E-state index >= 15 is 0 Å². The van der Waals surface area contributed by atoms with Gasteiger partial charge in [0, 0.05) is 16.2 Å². The van der Waals surface area contributed by atoms with Gasteiger partial charge in [-0.3, -0.25) is 4.79 Å². The zero-order chi connectivity index (χ0) is 12.3. The van der Waals surface area contributed by atoms with Crippen LogP contribution in [0.2, 0.25) is 0 Å². The summed E-state index contributed by atoms with van der Waals surface area (Å²) in [5, 5.41) is 3.05. The van der Waals surface area contributed by atoms with Gasteiger partial charge in [-0.2, -0.15) is 11.8 Å². The molecule has 0 spiro atoms. The Kier molecular flexibility index (Phi) is 6.32. The number of hydrogen-bond acceptors (Lipinski definition) is 3. The van der Waals surface area contributed by atoms with Crippen LogP contribution >= 0.6 is 40.1 Å². The van der Waals surface area contributed by atoms with E-state index in [9.17, 15) is 4.79 Å². The highest BCUT2D eigenvalue weighted by atomic mass is 79.9. The van der Waals surface area contributed by atoms with Crippen molar-refractivity contribution < 1.29 is 4.79 Å².